The third kappa shape index (κ3) is 2.97. The normalized spacial score (nSPS) is 12.7. The van der Waals surface area contributed by atoms with Crippen molar-refractivity contribution < 1.29 is 9.53 Å². The van der Waals surface area contributed by atoms with Crippen LogP contribution in [0.25, 0.3) is 5.69 Å². The van der Waals surface area contributed by atoms with Crippen LogP contribution in [0.3, 0.4) is 0 Å². The molecule has 0 saturated heterocycles. The summed E-state index contributed by atoms with van der Waals surface area (Å²) >= 11 is 1.81. The van der Waals surface area contributed by atoms with Gasteiger partial charge < -0.3 is 10.1 Å². The Balaban J connectivity index is 1.74. The number of thioether (sulfide) groups is 1. The number of anilines is 1. The molecule has 3 aromatic rings. The Labute approximate surface area is 156 Å². The fraction of sp³-hybridized carbons (Fsp3) is 0.200. The molecule has 6 heteroatoms. The number of methoxy groups -OCH3 is 1. The molecule has 1 amide bonds. The number of amides is 1. The van der Waals surface area contributed by atoms with Crippen molar-refractivity contribution in [3.63, 3.8) is 0 Å². The summed E-state index contributed by atoms with van der Waals surface area (Å²) in [5, 5.41) is 7.84. The largest absolute Gasteiger partial charge is 0.497 e. The number of nitrogens with zero attached hydrogens (tertiary/aromatic N) is 2. The van der Waals surface area contributed by atoms with Gasteiger partial charge in [-0.15, -0.1) is 0 Å². The van der Waals surface area contributed by atoms with Gasteiger partial charge in [-0.25, -0.2) is 4.68 Å². The number of carbonyl (C=O) groups excluding carboxylic acids is 1. The molecular formula is C20H19N3O2S. The van der Waals surface area contributed by atoms with Crippen LogP contribution in [-0.4, -0.2) is 22.8 Å². The number of ether oxygens (including phenoxy) is 1. The molecule has 1 N–H and O–H groups in total. The molecule has 0 saturated carbocycles. The highest BCUT2D eigenvalue weighted by atomic mass is 32.2. The molecule has 4 rings (SSSR count). The van der Waals surface area contributed by atoms with Gasteiger partial charge >= 0.3 is 0 Å². The van der Waals surface area contributed by atoms with Crippen LogP contribution in [0.5, 0.6) is 5.75 Å². The number of para-hydroxylation sites is 1. The van der Waals surface area contributed by atoms with Gasteiger partial charge in [0.15, 0.2) is 0 Å². The van der Waals surface area contributed by atoms with Gasteiger partial charge in [0, 0.05) is 22.6 Å². The van der Waals surface area contributed by atoms with Crippen molar-refractivity contribution in [1.29, 1.82) is 0 Å². The van der Waals surface area contributed by atoms with Crippen molar-refractivity contribution >= 4 is 23.5 Å². The molecule has 132 valence electrons. The maximum Gasteiger partial charge on any atom is 0.256 e. The molecule has 1 aliphatic rings. The van der Waals surface area contributed by atoms with Crippen molar-refractivity contribution in [2.45, 2.75) is 18.4 Å². The van der Waals surface area contributed by atoms with E-state index in [1.165, 1.54) is 0 Å². The van der Waals surface area contributed by atoms with E-state index in [-0.39, 0.29) is 5.91 Å². The lowest BCUT2D eigenvalue weighted by molar-refractivity contribution is 0.102. The van der Waals surface area contributed by atoms with E-state index >= 15 is 0 Å². The standard InChI is InChI=1S/C20H19N3O2S/c1-13-6-3-4-9-18(13)23-19(16-11-26-12-17(16)22-23)21-20(24)14-7-5-8-15(10-14)25-2/h3-10H,11-12H2,1-2H3,(H,21,24). The number of aryl methyl sites for hydroxylation is 1. The van der Waals surface area contributed by atoms with Crippen molar-refractivity contribution in [3.8, 4) is 11.4 Å². The number of hydrogen-bond donors (Lipinski definition) is 1. The molecule has 1 aromatic heterocycles. The van der Waals surface area contributed by atoms with Crippen LogP contribution in [0.2, 0.25) is 0 Å². The third-order valence-corrected chi connectivity index (χ3v) is 5.43. The summed E-state index contributed by atoms with van der Waals surface area (Å²) in [4.78, 5) is 12.8. The molecule has 2 heterocycles. The summed E-state index contributed by atoms with van der Waals surface area (Å²) in [6, 6.07) is 15.2. The topological polar surface area (TPSA) is 56.1 Å². The van der Waals surface area contributed by atoms with Crippen LogP contribution in [0, 0.1) is 6.92 Å². The molecule has 1 aliphatic heterocycles. The molecule has 0 atom stereocenters. The molecule has 2 aromatic carbocycles. The maximum absolute atomic E-state index is 12.8. The van der Waals surface area contributed by atoms with Crippen LogP contribution in [0.4, 0.5) is 5.82 Å². The predicted octanol–water partition coefficient (Wildman–Crippen LogP) is 4.19. The summed E-state index contributed by atoms with van der Waals surface area (Å²) in [5.41, 5.74) is 4.79. The van der Waals surface area contributed by atoms with Gasteiger partial charge in [-0.2, -0.15) is 16.9 Å². The van der Waals surface area contributed by atoms with Gasteiger partial charge in [0.05, 0.1) is 18.5 Å². The van der Waals surface area contributed by atoms with Crippen LogP contribution in [-0.2, 0) is 11.5 Å². The number of rotatable bonds is 4. The number of aromatic nitrogens is 2. The van der Waals surface area contributed by atoms with Gasteiger partial charge in [-0.05, 0) is 36.8 Å². The Hall–Kier alpha value is -2.73. The van der Waals surface area contributed by atoms with Crippen LogP contribution < -0.4 is 10.1 Å². The van der Waals surface area contributed by atoms with E-state index in [2.05, 4.69) is 5.32 Å². The van der Waals surface area contributed by atoms with E-state index in [1.807, 2.05) is 59.8 Å². The fourth-order valence-corrected chi connectivity index (χ4v) is 4.10. The highest BCUT2D eigenvalue weighted by molar-refractivity contribution is 7.98. The van der Waals surface area contributed by atoms with E-state index in [4.69, 9.17) is 9.84 Å². The Morgan fingerprint density at radius 1 is 1.19 bits per heavy atom. The van der Waals surface area contributed by atoms with E-state index in [1.54, 1.807) is 19.2 Å². The molecule has 0 bridgehead atoms. The Morgan fingerprint density at radius 3 is 2.85 bits per heavy atom. The molecular weight excluding hydrogens is 346 g/mol. The molecule has 0 fully saturated rings. The lowest BCUT2D eigenvalue weighted by Crippen LogP contribution is -2.16. The molecule has 0 spiro atoms. The summed E-state index contributed by atoms with van der Waals surface area (Å²) in [5.74, 6) is 2.97. The third-order valence-electron chi connectivity index (χ3n) is 4.46. The zero-order chi connectivity index (χ0) is 18.1. The van der Waals surface area contributed by atoms with Gasteiger partial charge in [-0.3, -0.25) is 4.79 Å². The highest BCUT2D eigenvalue weighted by Gasteiger charge is 2.25. The number of carbonyl (C=O) groups is 1. The first-order valence-electron chi connectivity index (χ1n) is 8.37. The quantitative estimate of drug-likeness (QED) is 0.753. The number of fused-ring (bicyclic) bond motifs is 1. The smallest absolute Gasteiger partial charge is 0.256 e. The number of hydrogen-bond acceptors (Lipinski definition) is 4. The van der Waals surface area contributed by atoms with Crippen molar-refractivity contribution in [3.05, 3.63) is 70.9 Å². The second-order valence-corrected chi connectivity index (χ2v) is 7.14. The summed E-state index contributed by atoms with van der Waals surface area (Å²) in [6.45, 7) is 2.05. The SMILES string of the molecule is COc1cccc(C(=O)Nc2c3c(nn2-c2ccccc2C)CSC3)c1. The maximum atomic E-state index is 12.8. The first-order valence-corrected chi connectivity index (χ1v) is 9.53. The zero-order valence-corrected chi connectivity index (χ0v) is 15.5. The predicted molar refractivity (Wildman–Crippen MR) is 104 cm³/mol. The van der Waals surface area contributed by atoms with E-state index in [0.29, 0.717) is 11.3 Å². The average molecular weight is 365 g/mol. The minimum Gasteiger partial charge on any atom is -0.497 e. The number of nitrogens with one attached hydrogen (secondary N) is 1. The summed E-state index contributed by atoms with van der Waals surface area (Å²) in [6.07, 6.45) is 0. The van der Waals surface area contributed by atoms with Crippen LogP contribution >= 0.6 is 11.8 Å². The average Bonchev–Trinajstić information content (AvgIpc) is 3.25. The van der Waals surface area contributed by atoms with E-state index in [9.17, 15) is 4.79 Å². The van der Waals surface area contributed by atoms with Crippen molar-refractivity contribution in [2.24, 2.45) is 0 Å². The zero-order valence-electron chi connectivity index (χ0n) is 14.7. The monoisotopic (exact) mass is 365 g/mol. The second-order valence-electron chi connectivity index (χ2n) is 6.15. The van der Waals surface area contributed by atoms with E-state index < -0.39 is 0 Å². The van der Waals surface area contributed by atoms with Crippen LogP contribution in [0.15, 0.2) is 48.5 Å². The van der Waals surface area contributed by atoms with Crippen molar-refractivity contribution in [2.75, 3.05) is 12.4 Å². The highest BCUT2D eigenvalue weighted by Crippen LogP contribution is 2.36. The lowest BCUT2D eigenvalue weighted by Gasteiger charge is -2.13. The summed E-state index contributed by atoms with van der Waals surface area (Å²) in [7, 11) is 1.59. The molecule has 5 nitrogen and oxygen atoms in total. The van der Waals surface area contributed by atoms with Gasteiger partial charge in [-0.1, -0.05) is 24.3 Å². The Morgan fingerprint density at radius 2 is 2.04 bits per heavy atom. The Kier molecular flexibility index (Phi) is 4.42. The minimum atomic E-state index is -0.168. The first-order chi connectivity index (χ1) is 12.7. The second kappa shape index (κ2) is 6.88. The Bertz CT molecular complexity index is 981. The molecule has 26 heavy (non-hydrogen) atoms. The fourth-order valence-electron chi connectivity index (χ4n) is 3.06. The summed E-state index contributed by atoms with van der Waals surface area (Å²) < 4.78 is 7.08. The molecule has 0 unspecified atom stereocenters. The van der Waals surface area contributed by atoms with Gasteiger partial charge in [0.2, 0.25) is 0 Å². The minimum absolute atomic E-state index is 0.168. The number of benzene rings is 2. The van der Waals surface area contributed by atoms with Gasteiger partial charge in [0.1, 0.15) is 11.6 Å². The van der Waals surface area contributed by atoms with Gasteiger partial charge in [0.25, 0.3) is 5.91 Å². The van der Waals surface area contributed by atoms with Crippen molar-refractivity contribution in [1.82, 2.24) is 9.78 Å². The van der Waals surface area contributed by atoms with E-state index in [0.717, 1.165) is 39.8 Å². The van der Waals surface area contributed by atoms with Crippen LogP contribution in [0.1, 0.15) is 27.2 Å². The molecule has 0 aliphatic carbocycles. The lowest BCUT2D eigenvalue weighted by atomic mass is 10.2. The molecule has 0 radical (unpaired) electrons. The first kappa shape index (κ1) is 16.7.